The molecule has 172 valence electrons. The summed E-state index contributed by atoms with van der Waals surface area (Å²) < 4.78 is 59.9. The van der Waals surface area contributed by atoms with E-state index in [1.54, 1.807) is 6.07 Å². The number of nitrogens with two attached hydrogens (primary N) is 1. The summed E-state index contributed by atoms with van der Waals surface area (Å²) >= 11 is 12.0. The third-order valence-electron chi connectivity index (χ3n) is 3.99. The summed E-state index contributed by atoms with van der Waals surface area (Å²) in [7, 11) is -7.77. The molecule has 0 saturated carbocycles. The fourth-order valence-electron chi connectivity index (χ4n) is 2.64. The summed E-state index contributed by atoms with van der Waals surface area (Å²) in [6, 6.07) is 6.02. The monoisotopic (exact) mass is 520 g/mol. The molecule has 2 aromatic rings. The van der Waals surface area contributed by atoms with Crippen LogP contribution in [0, 0.1) is 11.3 Å². The summed E-state index contributed by atoms with van der Waals surface area (Å²) in [5, 5.41) is 10.7. The zero-order chi connectivity index (χ0) is 24.3. The molecule has 0 aliphatic heterocycles. The van der Waals surface area contributed by atoms with Gasteiger partial charge in [0.2, 0.25) is 25.8 Å². The maximum Gasteiger partial charge on any atom is 0.244 e. The van der Waals surface area contributed by atoms with Crippen LogP contribution in [-0.4, -0.2) is 36.4 Å². The lowest BCUT2D eigenvalue weighted by molar-refractivity contribution is -0.114. The highest BCUT2D eigenvalue weighted by Gasteiger charge is 2.32. The van der Waals surface area contributed by atoms with Gasteiger partial charge in [-0.2, -0.15) is 5.26 Å². The number of amides is 1. The Morgan fingerprint density at radius 1 is 1.09 bits per heavy atom. The average molecular weight is 521 g/mol. The zero-order valence-electron chi connectivity index (χ0n) is 16.8. The summed E-state index contributed by atoms with van der Waals surface area (Å²) in [5.74, 6) is -1.10. The minimum atomic E-state index is -4.51. The second-order valence-electron chi connectivity index (χ2n) is 6.30. The molecule has 4 N–H and O–H groups in total. The number of ether oxygens (including phenoxy) is 1. The van der Waals surface area contributed by atoms with Gasteiger partial charge in [0.25, 0.3) is 0 Å². The Hall–Kier alpha value is -2.56. The van der Waals surface area contributed by atoms with Gasteiger partial charge in [-0.1, -0.05) is 23.2 Å². The summed E-state index contributed by atoms with van der Waals surface area (Å²) in [5.41, 5.74) is 5.56. The van der Waals surface area contributed by atoms with Gasteiger partial charge in [-0.15, -0.1) is 0 Å². The first-order valence-corrected chi connectivity index (χ1v) is 12.4. The Morgan fingerprint density at radius 2 is 1.72 bits per heavy atom. The van der Waals surface area contributed by atoms with Crippen LogP contribution in [0.15, 0.2) is 39.0 Å². The molecule has 2 rings (SSSR count). The predicted molar refractivity (Wildman–Crippen MR) is 119 cm³/mol. The molecule has 14 heteroatoms. The third kappa shape index (κ3) is 5.43. The largest absolute Gasteiger partial charge is 0.494 e. The van der Waals surface area contributed by atoms with E-state index >= 15 is 0 Å². The van der Waals surface area contributed by atoms with Crippen molar-refractivity contribution in [1.29, 1.82) is 5.26 Å². The predicted octanol–water partition coefficient (Wildman–Crippen LogP) is 2.57. The van der Waals surface area contributed by atoms with Crippen molar-refractivity contribution < 1.29 is 26.4 Å². The van der Waals surface area contributed by atoms with Crippen molar-refractivity contribution in [3.8, 4) is 11.8 Å². The third-order valence-corrected chi connectivity index (χ3v) is 8.01. The number of carbonyl (C=O) groups is 1. The van der Waals surface area contributed by atoms with Crippen LogP contribution >= 0.6 is 23.2 Å². The van der Waals surface area contributed by atoms with Crippen LogP contribution in [0.3, 0.4) is 0 Å². The van der Waals surface area contributed by atoms with E-state index in [4.69, 9.17) is 38.9 Å². The Labute approximate surface area is 195 Å². The van der Waals surface area contributed by atoms with Gasteiger partial charge >= 0.3 is 0 Å². The van der Waals surface area contributed by atoms with Gasteiger partial charge in [0.1, 0.15) is 9.79 Å². The lowest BCUT2D eigenvalue weighted by Crippen LogP contribution is -2.26. The standard InChI is InChI=1S/C18H18Cl2N4O6S2/c1-10(25)24-11-6-16(31(26,27)15-9-12(19)14(22)8-13(15)20)18(30-2)17(7-11)32(28,29)23-5-3-4-21/h6-9,23H,3,5,22H2,1-2H3,(H,24,25). The first-order valence-electron chi connectivity index (χ1n) is 8.71. The van der Waals surface area contributed by atoms with E-state index < -0.39 is 46.2 Å². The maximum absolute atomic E-state index is 13.4. The normalized spacial score (nSPS) is 11.6. The van der Waals surface area contributed by atoms with E-state index in [9.17, 15) is 21.6 Å². The van der Waals surface area contributed by atoms with Crippen molar-refractivity contribution in [3.05, 3.63) is 34.3 Å². The number of sulfonamides is 1. The van der Waals surface area contributed by atoms with E-state index in [1.807, 2.05) is 0 Å². The molecule has 0 atom stereocenters. The number of nitrogen functional groups attached to an aromatic ring is 1. The molecule has 10 nitrogen and oxygen atoms in total. The molecule has 32 heavy (non-hydrogen) atoms. The van der Waals surface area contributed by atoms with Crippen LogP contribution in [0.5, 0.6) is 5.75 Å². The van der Waals surface area contributed by atoms with E-state index in [0.29, 0.717) is 0 Å². The van der Waals surface area contributed by atoms with E-state index in [-0.39, 0.29) is 34.4 Å². The number of nitrogens with one attached hydrogen (secondary N) is 2. The molecule has 0 heterocycles. The highest BCUT2D eigenvalue weighted by atomic mass is 35.5. The molecule has 0 aliphatic carbocycles. The summed E-state index contributed by atoms with van der Waals surface area (Å²) in [4.78, 5) is 9.96. The number of rotatable bonds is 8. The molecular formula is C18H18Cl2N4O6S2. The second kappa shape index (κ2) is 9.93. The van der Waals surface area contributed by atoms with Crippen molar-refractivity contribution in [2.45, 2.75) is 28.0 Å². The van der Waals surface area contributed by atoms with Gasteiger partial charge in [-0.25, -0.2) is 21.6 Å². The van der Waals surface area contributed by atoms with E-state index in [0.717, 1.165) is 38.3 Å². The van der Waals surface area contributed by atoms with E-state index in [2.05, 4.69) is 10.0 Å². The van der Waals surface area contributed by atoms with Crippen LogP contribution in [0.25, 0.3) is 0 Å². The second-order valence-corrected chi connectivity index (χ2v) is 10.7. The molecule has 0 radical (unpaired) electrons. The van der Waals surface area contributed by atoms with Crippen molar-refractivity contribution in [2.75, 3.05) is 24.7 Å². The van der Waals surface area contributed by atoms with Crippen molar-refractivity contribution in [1.82, 2.24) is 4.72 Å². The number of methoxy groups -OCH3 is 1. The smallest absolute Gasteiger partial charge is 0.244 e. The van der Waals surface area contributed by atoms with Crippen LogP contribution < -0.4 is 20.5 Å². The lowest BCUT2D eigenvalue weighted by Gasteiger charge is -2.18. The molecule has 0 unspecified atom stereocenters. The molecule has 0 bridgehead atoms. The minimum Gasteiger partial charge on any atom is -0.494 e. The van der Waals surface area contributed by atoms with Gasteiger partial charge < -0.3 is 15.8 Å². The van der Waals surface area contributed by atoms with Crippen LogP contribution in [-0.2, 0) is 24.7 Å². The first kappa shape index (κ1) is 25.7. The molecular weight excluding hydrogens is 503 g/mol. The van der Waals surface area contributed by atoms with Crippen LogP contribution in [0.1, 0.15) is 13.3 Å². The number of nitriles is 1. The average Bonchev–Trinajstić information content (AvgIpc) is 2.69. The molecule has 1 amide bonds. The molecule has 0 fully saturated rings. The lowest BCUT2D eigenvalue weighted by atomic mass is 10.3. The number of nitrogens with zero attached hydrogens (tertiary/aromatic N) is 1. The topological polar surface area (TPSA) is 168 Å². The number of anilines is 2. The van der Waals surface area contributed by atoms with Gasteiger partial charge in [0.05, 0.1) is 33.8 Å². The Bertz CT molecular complexity index is 1320. The van der Waals surface area contributed by atoms with Gasteiger partial charge in [-0.3, -0.25) is 4.79 Å². The molecule has 0 saturated heterocycles. The highest BCUT2D eigenvalue weighted by Crippen LogP contribution is 2.41. The van der Waals surface area contributed by atoms with Crippen molar-refractivity contribution in [2.24, 2.45) is 0 Å². The number of hydrogen-bond donors (Lipinski definition) is 3. The fraction of sp³-hybridized carbons (Fsp3) is 0.222. The van der Waals surface area contributed by atoms with Crippen LogP contribution in [0.2, 0.25) is 10.0 Å². The zero-order valence-corrected chi connectivity index (χ0v) is 19.9. The number of benzene rings is 2. The molecule has 2 aromatic carbocycles. The SMILES string of the molecule is COc1c(S(=O)(=O)NCCC#N)cc(NC(C)=O)cc1S(=O)(=O)c1cc(Cl)c(N)cc1Cl. The molecule has 0 spiro atoms. The summed E-state index contributed by atoms with van der Waals surface area (Å²) in [6.07, 6.45) is -0.127. The first-order chi connectivity index (χ1) is 14.8. The number of sulfone groups is 1. The van der Waals surface area contributed by atoms with Gasteiger partial charge in [0, 0.05) is 25.6 Å². The minimum absolute atomic E-state index is 0.0412. The maximum atomic E-state index is 13.4. The molecule has 0 aromatic heterocycles. The fourth-order valence-corrected chi connectivity index (χ4v) is 6.20. The van der Waals surface area contributed by atoms with Gasteiger partial charge in [-0.05, 0) is 24.3 Å². The van der Waals surface area contributed by atoms with Crippen molar-refractivity contribution in [3.63, 3.8) is 0 Å². The summed E-state index contributed by atoms with van der Waals surface area (Å²) in [6.45, 7) is 0.933. The Balaban J connectivity index is 2.86. The van der Waals surface area contributed by atoms with Gasteiger partial charge in [0.15, 0.2) is 5.75 Å². The van der Waals surface area contributed by atoms with Crippen molar-refractivity contribution >= 4 is 60.3 Å². The number of hydrogen-bond acceptors (Lipinski definition) is 8. The Morgan fingerprint density at radius 3 is 2.28 bits per heavy atom. The highest BCUT2D eigenvalue weighted by molar-refractivity contribution is 7.92. The Kier molecular flexibility index (Phi) is 7.97. The van der Waals surface area contributed by atoms with Crippen LogP contribution in [0.4, 0.5) is 11.4 Å². The quantitative estimate of drug-likeness (QED) is 0.352. The number of carbonyl (C=O) groups excluding carboxylic acids is 1. The number of halogens is 2. The van der Waals surface area contributed by atoms with E-state index in [1.165, 1.54) is 0 Å². The molecule has 0 aliphatic rings.